The van der Waals surface area contributed by atoms with E-state index in [0.717, 1.165) is 44.7 Å². The standard InChI is InChI=1S/C20H29ClFN3O2/c1-20(2,3)27-19(26)25-12-10-24(11-13-25)15-6-8-23(9-7-15)16-4-5-17(21)18(22)14-16/h4-5,14-15H,6-13H2,1-3H3. The van der Waals surface area contributed by atoms with Crippen LogP contribution in [0.2, 0.25) is 5.02 Å². The Labute approximate surface area is 166 Å². The quantitative estimate of drug-likeness (QED) is 0.755. The smallest absolute Gasteiger partial charge is 0.410 e. The van der Waals surface area contributed by atoms with Gasteiger partial charge < -0.3 is 14.5 Å². The highest BCUT2D eigenvalue weighted by atomic mass is 35.5. The van der Waals surface area contributed by atoms with Gasteiger partial charge in [0, 0.05) is 51.0 Å². The van der Waals surface area contributed by atoms with Gasteiger partial charge >= 0.3 is 6.09 Å². The van der Waals surface area contributed by atoms with Crippen molar-refractivity contribution < 1.29 is 13.9 Å². The maximum Gasteiger partial charge on any atom is 0.410 e. The minimum absolute atomic E-state index is 0.163. The minimum atomic E-state index is -0.456. The molecule has 2 saturated heterocycles. The number of nitrogens with zero attached hydrogens (tertiary/aromatic N) is 3. The van der Waals surface area contributed by atoms with E-state index < -0.39 is 5.60 Å². The van der Waals surface area contributed by atoms with Crippen LogP contribution < -0.4 is 4.90 Å². The normalized spacial score (nSPS) is 20.0. The van der Waals surface area contributed by atoms with Crippen LogP contribution in [0.15, 0.2) is 18.2 Å². The molecule has 0 bridgehead atoms. The second-order valence-corrected chi connectivity index (χ2v) is 8.73. The van der Waals surface area contributed by atoms with Crippen LogP contribution in [0.1, 0.15) is 33.6 Å². The number of carbonyl (C=O) groups excluding carboxylic acids is 1. The van der Waals surface area contributed by atoms with Gasteiger partial charge in [-0.25, -0.2) is 9.18 Å². The van der Waals surface area contributed by atoms with Gasteiger partial charge in [-0.3, -0.25) is 4.90 Å². The van der Waals surface area contributed by atoms with Gasteiger partial charge in [-0.2, -0.15) is 0 Å². The second kappa shape index (κ2) is 8.23. The molecule has 2 heterocycles. The Morgan fingerprint density at radius 2 is 1.74 bits per heavy atom. The lowest BCUT2D eigenvalue weighted by atomic mass is 10.0. The van der Waals surface area contributed by atoms with Crippen LogP contribution >= 0.6 is 11.6 Å². The van der Waals surface area contributed by atoms with Gasteiger partial charge in [-0.15, -0.1) is 0 Å². The molecule has 1 amide bonds. The summed E-state index contributed by atoms with van der Waals surface area (Å²) in [5.41, 5.74) is 0.437. The lowest BCUT2D eigenvalue weighted by molar-refractivity contribution is 0.00902. The number of amides is 1. The zero-order valence-electron chi connectivity index (χ0n) is 16.4. The second-order valence-electron chi connectivity index (χ2n) is 8.32. The highest BCUT2D eigenvalue weighted by Crippen LogP contribution is 2.26. The number of benzene rings is 1. The lowest BCUT2D eigenvalue weighted by Crippen LogP contribution is -2.55. The van der Waals surface area contributed by atoms with Crippen LogP contribution in [0.3, 0.4) is 0 Å². The molecule has 7 heteroatoms. The van der Waals surface area contributed by atoms with Gasteiger partial charge in [0.1, 0.15) is 11.4 Å². The molecule has 0 aliphatic carbocycles. The van der Waals surface area contributed by atoms with Crippen LogP contribution in [-0.4, -0.2) is 66.8 Å². The Morgan fingerprint density at radius 1 is 1.11 bits per heavy atom. The summed E-state index contributed by atoms with van der Waals surface area (Å²) in [6.07, 6.45) is 1.86. The zero-order valence-corrected chi connectivity index (χ0v) is 17.1. The predicted octanol–water partition coefficient (Wildman–Crippen LogP) is 4.00. The average Bonchev–Trinajstić information content (AvgIpc) is 2.63. The highest BCUT2D eigenvalue weighted by molar-refractivity contribution is 6.30. The van der Waals surface area contributed by atoms with Crippen molar-refractivity contribution in [2.75, 3.05) is 44.2 Å². The fourth-order valence-corrected chi connectivity index (χ4v) is 3.88. The monoisotopic (exact) mass is 397 g/mol. The SMILES string of the molecule is CC(C)(C)OC(=O)N1CCN(C2CCN(c3ccc(Cl)c(F)c3)CC2)CC1. The van der Waals surface area contributed by atoms with Gasteiger partial charge in [-0.05, 0) is 51.8 Å². The van der Waals surface area contributed by atoms with Crippen molar-refractivity contribution in [3.05, 3.63) is 29.0 Å². The zero-order chi connectivity index (χ0) is 19.6. The molecule has 2 fully saturated rings. The van der Waals surface area contributed by atoms with E-state index in [9.17, 15) is 9.18 Å². The Hall–Kier alpha value is -1.53. The Balaban J connectivity index is 1.47. The fourth-order valence-electron chi connectivity index (χ4n) is 3.77. The first-order chi connectivity index (χ1) is 12.7. The third-order valence-electron chi connectivity index (χ3n) is 5.22. The van der Waals surface area contributed by atoms with Crippen molar-refractivity contribution in [2.24, 2.45) is 0 Å². The summed E-state index contributed by atoms with van der Waals surface area (Å²) in [6, 6.07) is 5.53. The first-order valence-corrected chi connectivity index (χ1v) is 10.0. The van der Waals surface area contributed by atoms with Gasteiger partial charge in [0.05, 0.1) is 5.02 Å². The molecule has 0 atom stereocenters. The Kier molecular flexibility index (Phi) is 6.16. The van der Waals surface area contributed by atoms with Crippen LogP contribution in [0.25, 0.3) is 0 Å². The third kappa shape index (κ3) is 5.26. The lowest BCUT2D eigenvalue weighted by Gasteiger charge is -2.43. The number of hydrogen-bond acceptors (Lipinski definition) is 4. The van der Waals surface area contributed by atoms with E-state index in [1.165, 1.54) is 6.07 Å². The summed E-state index contributed by atoms with van der Waals surface area (Å²) >= 11 is 5.78. The molecular weight excluding hydrogens is 369 g/mol. The van der Waals surface area contributed by atoms with Gasteiger partial charge in [0.2, 0.25) is 0 Å². The molecule has 0 radical (unpaired) electrons. The van der Waals surface area contributed by atoms with Crippen molar-refractivity contribution >= 4 is 23.4 Å². The van der Waals surface area contributed by atoms with E-state index in [1.54, 1.807) is 11.0 Å². The highest BCUT2D eigenvalue weighted by Gasteiger charge is 2.30. The van der Waals surface area contributed by atoms with E-state index in [1.807, 2.05) is 26.8 Å². The molecule has 0 aromatic heterocycles. The summed E-state index contributed by atoms with van der Waals surface area (Å²) < 4.78 is 19.2. The molecule has 1 aromatic carbocycles. The molecule has 27 heavy (non-hydrogen) atoms. The number of rotatable bonds is 2. The van der Waals surface area contributed by atoms with Gasteiger partial charge in [0.25, 0.3) is 0 Å². The van der Waals surface area contributed by atoms with Crippen LogP contribution in [0, 0.1) is 5.82 Å². The largest absolute Gasteiger partial charge is 0.444 e. The topological polar surface area (TPSA) is 36.0 Å². The van der Waals surface area contributed by atoms with E-state index in [0.29, 0.717) is 19.1 Å². The molecule has 3 rings (SSSR count). The maximum atomic E-state index is 13.7. The van der Waals surface area contributed by atoms with Gasteiger partial charge in [0.15, 0.2) is 0 Å². The number of carbonyl (C=O) groups is 1. The summed E-state index contributed by atoms with van der Waals surface area (Å²) in [5.74, 6) is -0.366. The number of hydrogen-bond donors (Lipinski definition) is 0. The van der Waals surface area contributed by atoms with E-state index in [-0.39, 0.29) is 16.9 Å². The molecule has 0 saturated carbocycles. The van der Waals surface area contributed by atoms with Crippen molar-refractivity contribution in [1.82, 2.24) is 9.80 Å². The summed E-state index contributed by atoms with van der Waals surface area (Å²) in [4.78, 5) is 18.7. The predicted molar refractivity (Wildman–Crippen MR) is 106 cm³/mol. The van der Waals surface area contributed by atoms with Crippen LogP contribution in [0.4, 0.5) is 14.9 Å². The van der Waals surface area contributed by atoms with Crippen molar-refractivity contribution in [1.29, 1.82) is 0 Å². The molecule has 5 nitrogen and oxygen atoms in total. The van der Waals surface area contributed by atoms with Crippen LogP contribution in [0.5, 0.6) is 0 Å². The average molecular weight is 398 g/mol. The number of ether oxygens (including phenoxy) is 1. The molecule has 150 valence electrons. The number of anilines is 1. The molecule has 0 unspecified atom stereocenters. The van der Waals surface area contributed by atoms with Crippen molar-refractivity contribution in [2.45, 2.75) is 45.3 Å². The first kappa shape index (κ1) is 20.2. The van der Waals surface area contributed by atoms with Crippen LogP contribution in [-0.2, 0) is 4.74 Å². The fraction of sp³-hybridized carbons (Fsp3) is 0.650. The number of halogens is 2. The van der Waals surface area contributed by atoms with Crippen molar-refractivity contribution in [3.63, 3.8) is 0 Å². The molecule has 1 aromatic rings. The summed E-state index contributed by atoms with van der Waals surface area (Å²) in [5, 5.41) is 0.163. The third-order valence-corrected chi connectivity index (χ3v) is 5.52. The minimum Gasteiger partial charge on any atom is -0.444 e. The molecule has 2 aliphatic rings. The molecule has 0 N–H and O–H groups in total. The Morgan fingerprint density at radius 3 is 2.30 bits per heavy atom. The first-order valence-electron chi connectivity index (χ1n) is 9.65. The number of piperazine rings is 1. The molecular formula is C20H29ClFN3O2. The molecule has 2 aliphatic heterocycles. The van der Waals surface area contributed by atoms with E-state index >= 15 is 0 Å². The van der Waals surface area contributed by atoms with Crippen molar-refractivity contribution in [3.8, 4) is 0 Å². The van der Waals surface area contributed by atoms with Gasteiger partial charge in [-0.1, -0.05) is 11.6 Å². The molecule has 0 spiro atoms. The maximum absolute atomic E-state index is 13.7. The number of piperidine rings is 1. The summed E-state index contributed by atoms with van der Waals surface area (Å²) in [6.45, 7) is 10.6. The van der Waals surface area contributed by atoms with E-state index in [2.05, 4.69) is 9.80 Å². The van der Waals surface area contributed by atoms with E-state index in [4.69, 9.17) is 16.3 Å². The summed E-state index contributed by atoms with van der Waals surface area (Å²) in [7, 11) is 0. The Bertz CT molecular complexity index is 664.